The summed E-state index contributed by atoms with van der Waals surface area (Å²) in [6.45, 7) is 6.75. The molecule has 1 aromatic rings. The number of aryl methyl sites for hydroxylation is 1. The Morgan fingerprint density at radius 1 is 1.28 bits per heavy atom. The van der Waals surface area contributed by atoms with Crippen LogP contribution in [-0.4, -0.2) is 25.8 Å². The molecule has 0 aliphatic carbocycles. The lowest BCUT2D eigenvalue weighted by atomic mass is 10.2. The smallest absolute Gasteiger partial charge is 0.243 e. The largest absolute Gasteiger partial charge is 0.399 e. The van der Waals surface area contributed by atoms with Crippen molar-refractivity contribution in [3.8, 4) is 0 Å². The molecule has 0 heterocycles. The maximum Gasteiger partial charge on any atom is 0.243 e. The number of nitrogen functional groups attached to an aromatic ring is 1. The Balaban J connectivity index is 3.10. The molecule has 0 aromatic heterocycles. The number of hydrogen-bond acceptors (Lipinski definition) is 3. The van der Waals surface area contributed by atoms with Gasteiger partial charge in [-0.25, -0.2) is 8.42 Å². The molecule has 0 saturated carbocycles. The van der Waals surface area contributed by atoms with Gasteiger partial charge < -0.3 is 5.73 Å². The SMILES string of the molecule is CCCCN(CC)S(=O)(=O)c1ccc(N)cc1C. The van der Waals surface area contributed by atoms with Crippen molar-refractivity contribution in [3.05, 3.63) is 23.8 Å². The molecule has 0 saturated heterocycles. The van der Waals surface area contributed by atoms with Gasteiger partial charge in [0.25, 0.3) is 0 Å². The summed E-state index contributed by atoms with van der Waals surface area (Å²) in [7, 11) is -3.39. The van der Waals surface area contributed by atoms with Crippen LogP contribution < -0.4 is 5.73 Å². The number of sulfonamides is 1. The molecule has 4 nitrogen and oxygen atoms in total. The zero-order valence-corrected chi connectivity index (χ0v) is 12.1. The molecule has 0 unspecified atom stereocenters. The summed E-state index contributed by atoms with van der Waals surface area (Å²) in [6.07, 6.45) is 1.85. The van der Waals surface area contributed by atoms with E-state index in [0.717, 1.165) is 12.8 Å². The number of hydrogen-bond donors (Lipinski definition) is 1. The van der Waals surface area contributed by atoms with Gasteiger partial charge in [-0.2, -0.15) is 4.31 Å². The summed E-state index contributed by atoms with van der Waals surface area (Å²) >= 11 is 0. The second kappa shape index (κ2) is 6.20. The first-order valence-electron chi connectivity index (χ1n) is 6.29. The fraction of sp³-hybridized carbons (Fsp3) is 0.538. The minimum Gasteiger partial charge on any atom is -0.399 e. The van der Waals surface area contributed by atoms with Crippen molar-refractivity contribution in [2.24, 2.45) is 0 Å². The molecule has 18 heavy (non-hydrogen) atoms. The number of unbranched alkanes of at least 4 members (excludes halogenated alkanes) is 1. The lowest BCUT2D eigenvalue weighted by Crippen LogP contribution is -2.32. The Morgan fingerprint density at radius 3 is 2.44 bits per heavy atom. The van der Waals surface area contributed by atoms with Crippen LogP contribution in [0.5, 0.6) is 0 Å². The summed E-state index contributed by atoms with van der Waals surface area (Å²) in [5.41, 5.74) is 6.94. The van der Waals surface area contributed by atoms with Crippen molar-refractivity contribution in [1.82, 2.24) is 4.31 Å². The second-order valence-corrected chi connectivity index (χ2v) is 6.28. The highest BCUT2D eigenvalue weighted by atomic mass is 32.2. The van der Waals surface area contributed by atoms with E-state index >= 15 is 0 Å². The Kier molecular flexibility index (Phi) is 5.16. The zero-order valence-electron chi connectivity index (χ0n) is 11.3. The van der Waals surface area contributed by atoms with Gasteiger partial charge in [0.2, 0.25) is 10.0 Å². The molecule has 2 N–H and O–H groups in total. The van der Waals surface area contributed by atoms with Crippen molar-refractivity contribution in [2.75, 3.05) is 18.8 Å². The molecular formula is C13H22N2O2S. The van der Waals surface area contributed by atoms with E-state index in [1.54, 1.807) is 25.1 Å². The van der Waals surface area contributed by atoms with Crippen LogP contribution in [0.15, 0.2) is 23.1 Å². The van der Waals surface area contributed by atoms with E-state index in [4.69, 9.17) is 5.73 Å². The highest BCUT2D eigenvalue weighted by Gasteiger charge is 2.24. The molecule has 0 bridgehead atoms. The average Bonchev–Trinajstić information content (AvgIpc) is 2.29. The first kappa shape index (κ1) is 15.0. The average molecular weight is 270 g/mol. The second-order valence-electron chi connectivity index (χ2n) is 4.38. The van der Waals surface area contributed by atoms with Crippen LogP contribution in [0.4, 0.5) is 5.69 Å². The van der Waals surface area contributed by atoms with Gasteiger partial charge in [0.15, 0.2) is 0 Å². The van der Waals surface area contributed by atoms with Gasteiger partial charge in [0.05, 0.1) is 4.90 Å². The maximum atomic E-state index is 12.5. The highest BCUT2D eigenvalue weighted by molar-refractivity contribution is 7.89. The Bertz CT molecular complexity index is 498. The third-order valence-electron chi connectivity index (χ3n) is 2.93. The zero-order chi connectivity index (χ0) is 13.8. The van der Waals surface area contributed by atoms with E-state index in [-0.39, 0.29) is 0 Å². The predicted octanol–water partition coefficient (Wildman–Crippen LogP) is 2.39. The Morgan fingerprint density at radius 2 is 1.94 bits per heavy atom. The normalized spacial score (nSPS) is 12.0. The van der Waals surface area contributed by atoms with Gasteiger partial charge in [-0.1, -0.05) is 20.3 Å². The van der Waals surface area contributed by atoms with Crippen LogP contribution in [0.1, 0.15) is 32.3 Å². The van der Waals surface area contributed by atoms with Gasteiger partial charge in [0, 0.05) is 18.8 Å². The van der Waals surface area contributed by atoms with Crippen LogP contribution in [0.2, 0.25) is 0 Å². The molecule has 0 atom stereocenters. The number of nitrogens with two attached hydrogens (primary N) is 1. The third-order valence-corrected chi connectivity index (χ3v) is 5.07. The molecule has 0 aliphatic rings. The maximum absolute atomic E-state index is 12.5. The topological polar surface area (TPSA) is 63.4 Å². The summed E-state index contributed by atoms with van der Waals surface area (Å²) < 4.78 is 26.5. The van der Waals surface area contributed by atoms with Crippen LogP contribution >= 0.6 is 0 Å². The molecule has 0 fully saturated rings. The van der Waals surface area contributed by atoms with E-state index in [2.05, 4.69) is 6.92 Å². The van der Waals surface area contributed by atoms with E-state index in [1.807, 2.05) is 6.92 Å². The summed E-state index contributed by atoms with van der Waals surface area (Å²) in [6, 6.07) is 4.92. The number of benzene rings is 1. The minimum absolute atomic E-state index is 0.356. The number of anilines is 1. The first-order chi connectivity index (χ1) is 8.43. The number of nitrogens with zero attached hydrogens (tertiary/aromatic N) is 1. The van der Waals surface area contributed by atoms with Gasteiger partial charge in [-0.3, -0.25) is 0 Å². The number of rotatable bonds is 6. The van der Waals surface area contributed by atoms with Crippen LogP contribution in [0, 0.1) is 6.92 Å². The highest BCUT2D eigenvalue weighted by Crippen LogP contribution is 2.22. The molecular weight excluding hydrogens is 248 g/mol. The van der Waals surface area contributed by atoms with E-state index in [9.17, 15) is 8.42 Å². The van der Waals surface area contributed by atoms with Crippen molar-refractivity contribution >= 4 is 15.7 Å². The van der Waals surface area contributed by atoms with Crippen LogP contribution in [0.25, 0.3) is 0 Å². The Hall–Kier alpha value is -1.07. The van der Waals surface area contributed by atoms with Gasteiger partial charge in [-0.15, -0.1) is 0 Å². The molecule has 0 aliphatic heterocycles. The van der Waals surface area contributed by atoms with Crippen molar-refractivity contribution in [1.29, 1.82) is 0 Å². The first-order valence-corrected chi connectivity index (χ1v) is 7.73. The fourth-order valence-electron chi connectivity index (χ4n) is 1.88. The Labute approximate surface area is 110 Å². The van der Waals surface area contributed by atoms with Gasteiger partial charge in [-0.05, 0) is 37.1 Å². The molecule has 0 amide bonds. The lowest BCUT2D eigenvalue weighted by Gasteiger charge is -2.21. The standard InChI is InChI=1S/C13H22N2O2S/c1-4-6-9-15(5-2)18(16,17)13-8-7-12(14)10-11(13)3/h7-8,10H,4-6,9,14H2,1-3H3. The van der Waals surface area contributed by atoms with Crippen LogP contribution in [-0.2, 0) is 10.0 Å². The fourth-order valence-corrected chi connectivity index (χ4v) is 3.58. The molecule has 0 spiro atoms. The third kappa shape index (κ3) is 3.23. The van der Waals surface area contributed by atoms with Gasteiger partial charge in [0.1, 0.15) is 0 Å². The molecule has 1 aromatic carbocycles. The molecule has 102 valence electrons. The predicted molar refractivity (Wildman–Crippen MR) is 74.9 cm³/mol. The lowest BCUT2D eigenvalue weighted by molar-refractivity contribution is 0.418. The monoisotopic (exact) mass is 270 g/mol. The quantitative estimate of drug-likeness (QED) is 0.807. The molecule has 1 rings (SSSR count). The van der Waals surface area contributed by atoms with E-state index in [0.29, 0.717) is 29.2 Å². The summed E-state index contributed by atoms with van der Waals surface area (Å²) in [5.74, 6) is 0. The molecule has 0 radical (unpaired) electrons. The van der Waals surface area contributed by atoms with E-state index in [1.165, 1.54) is 4.31 Å². The summed E-state index contributed by atoms with van der Waals surface area (Å²) in [5, 5.41) is 0. The molecule has 5 heteroatoms. The van der Waals surface area contributed by atoms with Gasteiger partial charge >= 0.3 is 0 Å². The summed E-state index contributed by atoms with van der Waals surface area (Å²) in [4.78, 5) is 0.356. The van der Waals surface area contributed by atoms with E-state index < -0.39 is 10.0 Å². The minimum atomic E-state index is -3.39. The van der Waals surface area contributed by atoms with Crippen LogP contribution in [0.3, 0.4) is 0 Å². The van der Waals surface area contributed by atoms with Crippen molar-refractivity contribution in [2.45, 2.75) is 38.5 Å². The van der Waals surface area contributed by atoms with Crippen molar-refractivity contribution in [3.63, 3.8) is 0 Å². The van der Waals surface area contributed by atoms with Crippen molar-refractivity contribution < 1.29 is 8.42 Å².